The fourth-order valence-corrected chi connectivity index (χ4v) is 2.64. The summed E-state index contributed by atoms with van der Waals surface area (Å²) in [5.41, 5.74) is 8.77. The van der Waals surface area contributed by atoms with Crippen molar-refractivity contribution in [3.63, 3.8) is 0 Å². The second kappa shape index (κ2) is 8.86. The first-order valence-electron chi connectivity index (χ1n) is 8.02. The fourth-order valence-electron chi connectivity index (χ4n) is 2.64. The van der Waals surface area contributed by atoms with Crippen molar-refractivity contribution in [2.45, 2.75) is 20.3 Å². The smallest absolute Gasteiger partial charge is 0.373 e. The average Bonchev–Trinajstić information content (AvgIpc) is 2.64. The molecule has 0 spiro atoms. The minimum atomic E-state index is 0.250. The Morgan fingerprint density at radius 2 is 1.92 bits per heavy atom. The number of aromatic nitrogens is 3. The largest absolute Gasteiger partial charge is 0.384 e. The molecule has 1 aliphatic heterocycles. The zero-order chi connectivity index (χ0) is 18.2. The number of nitrogen functional groups attached to an aromatic ring is 1. The SMILES string of the molecule is CCc1nc(-c2ccc(N)nc2)nc(N2CCOCC2)c1C.O=C=O. The topological polar surface area (TPSA) is 111 Å². The maximum atomic E-state index is 8.12. The molecule has 0 aliphatic carbocycles. The van der Waals surface area contributed by atoms with Crippen LogP contribution in [0.1, 0.15) is 18.2 Å². The van der Waals surface area contributed by atoms with Gasteiger partial charge in [-0.15, -0.1) is 0 Å². The van der Waals surface area contributed by atoms with Crippen LogP contribution in [0, 0.1) is 6.92 Å². The molecule has 8 nitrogen and oxygen atoms in total. The van der Waals surface area contributed by atoms with Crippen LogP contribution in [0.15, 0.2) is 18.3 Å². The van der Waals surface area contributed by atoms with E-state index in [-0.39, 0.29) is 6.15 Å². The number of morpholine rings is 1. The standard InChI is InChI=1S/C16H21N5O.CO2/c1-3-13-11(2)16(21-6-8-22-9-7-21)20-15(19-13)12-4-5-14(17)18-10-12;2-1-3/h4-5,10H,3,6-9H2,1-2H3,(H2,17,18);. The maximum absolute atomic E-state index is 8.12. The summed E-state index contributed by atoms with van der Waals surface area (Å²) in [7, 11) is 0. The van der Waals surface area contributed by atoms with Crippen molar-refractivity contribution in [1.82, 2.24) is 15.0 Å². The summed E-state index contributed by atoms with van der Waals surface area (Å²) in [5.74, 6) is 2.21. The molecule has 2 aromatic heterocycles. The molecule has 2 N–H and O–H groups in total. The Kier molecular flexibility index (Phi) is 6.56. The van der Waals surface area contributed by atoms with E-state index in [4.69, 9.17) is 30.0 Å². The number of carbonyl (C=O) groups excluding carboxylic acids is 2. The third kappa shape index (κ3) is 4.59. The number of anilines is 2. The highest BCUT2D eigenvalue weighted by Crippen LogP contribution is 2.25. The number of nitrogens with two attached hydrogens (primary N) is 1. The molecule has 2 aromatic rings. The van der Waals surface area contributed by atoms with E-state index in [1.165, 1.54) is 0 Å². The molecule has 0 aromatic carbocycles. The predicted octanol–water partition coefficient (Wildman–Crippen LogP) is 1.24. The lowest BCUT2D eigenvalue weighted by molar-refractivity contribution is -0.191. The molecule has 0 bridgehead atoms. The monoisotopic (exact) mass is 343 g/mol. The number of pyridine rings is 1. The highest BCUT2D eigenvalue weighted by molar-refractivity contribution is 5.60. The first-order valence-corrected chi connectivity index (χ1v) is 8.02. The second-order valence-corrected chi connectivity index (χ2v) is 5.45. The van der Waals surface area contributed by atoms with Crippen LogP contribution >= 0.6 is 0 Å². The molecule has 3 heterocycles. The Morgan fingerprint density at radius 1 is 1.24 bits per heavy atom. The molecule has 0 amide bonds. The van der Waals surface area contributed by atoms with Gasteiger partial charge in [0.15, 0.2) is 5.82 Å². The maximum Gasteiger partial charge on any atom is 0.373 e. The van der Waals surface area contributed by atoms with Crippen molar-refractivity contribution in [2.24, 2.45) is 0 Å². The Labute approximate surface area is 146 Å². The van der Waals surface area contributed by atoms with Gasteiger partial charge in [-0.3, -0.25) is 0 Å². The van der Waals surface area contributed by atoms with E-state index in [9.17, 15) is 0 Å². The van der Waals surface area contributed by atoms with Crippen LogP contribution in [0.25, 0.3) is 11.4 Å². The van der Waals surface area contributed by atoms with Crippen LogP contribution in [0.4, 0.5) is 11.6 Å². The third-order valence-corrected chi connectivity index (χ3v) is 3.91. The Bertz CT molecular complexity index is 737. The summed E-state index contributed by atoms with van der Waals surface area (Å²) in [6.45, 7) is 7.41. The normalized spacial score (nSPS) is 13.6. The molecule has 0 saturated carbocycles. The van der Waals surface area contributed by atoms with Gasteiger partial charge in [0, 0.05) is 36.1 Å². The third-order valence-electron chi connectivity index (χ3n) is 3.91. The van der Waals surface area contributed by atoms with Crippen LogP contribution in [0.3, 0.4) is 0 Å². The van der Waals surface area contributed by atoms with Crippen molar-refractivity contribution in [3.8, 4) is 11.4 Å². The molecule has 8 heteroatoms. The highest BCUT2D eigenvalue weighted by atomic mass is 16.5. The van der Waals surface area contributed by atoms with Crippen molar-refractivity contribution in [1.29, 1.82) is 0 Å². The van der Waals surface area contributed by atoms with Gasteiger partial charge in [-0.1, -0.05) is 6.92 Å². The lowest BCUT2D eigenvalue weighted by Crippen LogP contribution is -2.37. The first-order chi connectivity index (χ1) is 12.1. The van der Waals surface area contributed by atoms with Gasteiger partial charge in [-0.2, -0.15) is 9.59 Å². The van der Waals surface area contributed by atoms with Crippen molar-refractivity contribution in [3.05, 3.63) is 29.6 Å². The lowest BCUT2D eigenvalue weighted by Gasteiger charge is -2.29. The number of rotatable bonds is 3. The van der Waals surface area contributed by atoms with E-state index < -0.39 is 0 Å². The van der Waals surface area contributed by atoms with Gasteiger partial charge in [-0.05, 0) is 25.5 Å². The summed E-state index contributed by atoms with van der Waals surface area (Å²) in [6, 6.07) is 3.69. The summed E-state index contributed by atoms with van der Waals surface area (Å²) in [5, 5.41) is 0. The molecular formula is C17H21N5O3. The Balaban J connectivity index is 0.000000701. The molecule has 3 rings (SSSR count). The highest BCUT2D eigenvalue weighted by Gasteiger charge is 2.19. The number of hydrogen-bond acceptors (Lipinski definition) is 8. The average molecular weight is 343 g/mol. The molecule has 0 atom stereocenters. The summed E-state index contributed by atoms with van der Waals surface area (Å²) in [4.78, 5) is 32.1. The lowest BCUT2D eigenvalue weighted by atomic mass is 10.1. The van der Waals surface area contributed by atoms with Crippen LogP contribution < -0.4 is 10.6 Å². The number of nitrogens with zero attached hydrogens (tertiary/aromatic N) is 4. The van der Waals surface area contributed by atoms with Crippen LogP contribution in [-0.2, 0) is 20.7 Å². The van der Waals surface area contributed by atoms with Gasteiger partial charge in [0.1, 0.15) is 11.6 Å². The first kappa shape index (κ1) is 18.5. The summed E-state index contributed by atoms with van der Waals surface area (Å²) < 4.78 is 5.44. The van der Waals surface area contributed by atoms with Gasteiger partial charge in [0.2, 0.25) is 0 Å². The summed E-state index contributed by atoms with van der Waals surface area (Å²) in [6.07, 6.45) is 2.85. The minimum absolute atomic E-state index is 0.250. The fraction of sp³-hybridized carbons (Fsp3) is 0.412. The van der Waals surface area contributed by atoms with Gasteiger partial charge < -0.3 is 15.4 Å². The van der Waals surface area contributed by atoms with Crippen molar-refractivity contribution in [2.75, 3.05) is 36.9 Å². The molecule has 0 radical (unpaired) electrons. The van der Waals surface area contributed by atoms with E-state index in [0.717, 1.165) is 55.4 Å². The number of aryl methyl sites for hydroxylation is 1. The van der Waals surface area contributed by atoms with Crippen LogP contribution in [0.5, 0.6) is 0 Å². The zero-order valence-electron chi connectivity index (χ0n) is 14.4. The zero-order valence-corrected chi connectivity index (χ0v) is 14.4. The summed E-state index contributed by atoms with van der Waals surface area (Å²) >= 11 is 0. The van der Waals surface area contributed by atoms with Crippen molar-refractivity contribution >= 4 is 17.8 Å². The molecule has 1 aliphatic rings. The van der Waals surface area contributed by atoms with Gasteiger partial charge in [0.05, 0.1) is 13.2 Å². The molecule has 1 fully saturated rings. The van der Waals surface area contributed by atoms with E-state index in [1.807, 2.05) is 6.07 Å². The van der Waals surface area contributed by atoms with Crippen LogP contribution in [-0.4, -0.2) is 47.4 Å². The molecule has 0 unspecified atom stereocenters. The van der Waals surface area contributed by atoms with E-state index >= 15 is 0 Å². The quantitative estimate of drug-likeness (QED) is 0.886. The van der Waals surface area contributed by atoms with Gasteiger partial charge in [0.25, 0.3) is 0 Å². The van der Waals surface area contributed by atoms with Crippen LogP contribution in [0.2, 0.25) is 0 Å². The molecule has 1 saturated heterocycles. The van der Waals surface area contributed by atoms with Gasteiger partial charge in [-0.25, -0.2) is 15.0 Å². The van der Waals surface area contributed by atoms with Crippen molar-refractivity contribution < 1.29 is 14.3 Å². The molecule has 25 heavy (non-hydrogen) atoms. The van der Waals surface area contributed by atoms with E-state index in [1.54, 1.807) is 12.3 Å². The predicted molar refractivity (Wildman–Crippen MR) is 91.8 cm³/mol. The minimum Gasteiger partial charge on any atom is -0.384 e. The molecular weight excluding hydrogens is 322 g/mol. The Morgan fingerprint density at radius 3 is 2.48 bits per heavy atom. The van der Waals surface area contributed by atoms with E-state index in [0.29, 0.717) is 11.6 Å². The van der Waals surface area contributed by atoms with Gasteiger partial charge >= 0.3 is 6.15 Å². The Hall–Kier alpha value is -2.83. The molecule has 132 valence electrons. The number of ether oxygens (including phenoxy) is 1. The number of hydrogen-bond donors (Lipinski definition) is 1. The second-order valence-electron chi connectivity index (χ2n) is 5.45. The van der Waals surface area contributed by atoms with E-state index in [2.05, 4.69) is 23.7 Å².